The number of thioether (sulfide) groups is 2. The minimum Gasteiger partial charge on any atom is -0.384 e. The van der Waals surface area contributed by atoms with Crippen LogP contribution < -0.4 is 11.1 Å². The minimum atomic E-state index is 0.109. The van der Waals surface area contributed by atoms with Crippen LogP contribution in [0.2, 0.25) is 0 Å². The van der Waals surface area contributed by atoms with Crippen LogP contribution in [0, 0.1) is 5.41 Å². The lowest BCUT2D eigenvalue weighted by molar-refractivity contribution is 0.742. The molecule has 31 heavy (non-hydrogen) atoms. The van der Waals surface area contributed by atoms with Crippen LogP contribution in [0.3, 0.4) is 0 Å². The van der Waals surface area contributed by atoms with Gasteiger partial charge in [-0.05, 0) is 35.7 Å². The summed E-state index contributed by atoms with van der Waals surface area (Å²) >= 11 is 3.68. The number of aliphatic imine (C=N–C) groups is 1. The van der Waals surface area contributed by atoms with Crippen LogP contribution in [0.15, 0.2) is 87.6 Å². The molecule has 6 heteroatoms. The van der Waals surface area contributed by atoms with Gasteiger partial charge in [0.15, 0.2) is 0 Å². The SMILES string of the molecule is N=C(N)c1ccc(CSc2cccc(SCc3ccc(C4=NCCCN4)cc3)c2)cc1. The highest BCUT2D eigenvalue weighted by Crippen LogP contribution is 2.29. The van der Waals surface area contributed by atoms with Crippen LogP contribution in [0.1, 0.15) is 28.7 Å². The van der Waals surface area contributed by atoms with Gasteiger partial charge < -0.3 is 11.1 Å². The summed E-state index contributed by atoms with van der Waals surface area (Å²) in [5, 5.41) is 10.9. The van der Waals surface area contributed by atoms with Gasteiger partial charge in [0.05, 0.1) is 0 Å². The lowest BCUT2D eigenvalue weighted by atomic mass is 10.1. The zero-order valence-electron chi connectivity index (χ0n) is 17.3. The maximum absolute atomic E-state index is 7.49. The molecule has 158 valence electrons. The Labute approximate surface area is 192 Å². The second kappa shape index (κ2) is 10.6. The van der Waals surface area contributed by atoms with Gasteiger partial charge in [-0.15, -0.1) is 23.5 Å². The van der Waals surface area contributed by atoms with E-state index >= 15 is 0 Å². The van der Waals surface area contributed by atoms with E-state index in [4.69, 9.17) is 11.1 Å². The maximum Gasteiger partial charge on any atom is 0.128 e. The predicted octanol–water partition coefficient (Wildman–Crippen LogP) is 5.30. The van der Waals surface area contributed by atoms with Crippen LogP contribution in [-0.4, -0.2) is 24.8 Å². The average Bonchev–Trinajstić information content (AvgIpc) is 2.83. The van der Waals surface area contributed by atoms with Gasteiger partial charge in [-0.1, -0.05) is 54.6 Å². The molecule has 0 aliphatic carbocycles. The quantitative estimate of drug-likeness (QED) is 0.249. The number of hydrogen-bond acceptors (Lipinski definition) is 5. The van der Waals surface area contributed by atoms with E-state index in [0.29, 0.717) is 0 Å². The molecule has 0 fully saturated rings. The van der Waals surface area contributed by atoms with E-state index in [1.165, 1.54) is 26.5 Å². The number of amidine groups is 2. The highest BCUT2D eigenvalue weighted by molar-refractivity contribution is 7.99. The van der Waals surface area contributed by atoms with E-state index in [1.807, 2.05) is 47.8 Å². The third-order valence-electron chi connectivity index (χ3n) is 5.01. The second-order valence-electron chi connectivity index (χ2n) is 7.37. The first-order valence-corrected chi connectivity index (χ1v) is 12.3. The zero-order valence-corrected chi connectivity index (χ0v) is 18.9. The summed E-state index contributed by atoms with van der Waals surface area (Å²) in [6.45, 7) is 1.92. The molecule has 0 saturated carbocycles. The van der Waals surface area contributed by atoms with Gasteiger partial charge in [0, 0.05) is 45.5 Å². The highest BCUT2D eigenvalue weighted by atomic mass is 32.2. The number of nitrogens with two attached hydrogens (primary N) is 1. The topological polar surface area (TPSA) is 74.3 Å². The summed E-state index contributed by atoms with van der Waals surface area (Å²) in [6.07, 6.45) is 1.11. The van der Waals surface area contributed by atoms with Crippen molar-refractivity contribution >= 4 is 35.2 Å². The van der Waals surface area contributed by atoms with E-state index in [1.54, 1.807) is 0 Å². The fourth-order valence-corrected chi connectivity index (χ4v) is 5.15. The lowest BCUT2D eigenvalue weighted by Crippen LogP contribution is -2.30. The number of rotatable bonds is 8. The molecule has 3 aromatic rings. The normalized spacial score (nSPS) is 13.4. The van der Waals surface area contributed by atoms with Crippen molar-refractivity contribution in [3.63, 3.8) is 0 Å². The Hall–Kier alpha value is -2.70. The van der Waals surface area contributed by atoms with E-state index in [2.05, 4.69) is 58.8 Å². The Balaban J connectivity index is 1.31. The molecule has 4 nitrogen and oxygen atoms in total. The number of nitrogens with one attached hydrogen (secondary N) is 2. The Morgan fingerprint density at radius 2 is 1.52 bits per heavy atom. The molecule has 1 aliphatic rings. The molecule has 1 heterocycles. The van der Waals surface area contributed by atoms with E-state index in [9.17, 15) is 0 Å². The van der Waals surface area contributed by atoms with Gasteiger partial charge in [0.2, 0.25) is 0 Å². The van der Waals surface area contributed by atoms with Crippen molar-refractivity contribution in [3.8, 4) is 0 Å². The molecule has 4 rings (SSSR count). The molecule has 0 amide bonds. The Kier molecular flexibility index (Phi) is 7.33. The third kappa shape index (κ3) is 6.15. The molecule has 0 unspecified atom stereocenters. The summed E-state index contributed by atoms with van der Waals surface area (Å²) in [7, 11) is 0. The number of nitrogens with zero attached hydrogens (tertiary/aromatic N) is 1. The summed E-state index contributed by atoms with van der Waals surface area (Å²) in [6, 6.07) is 25.3. The molecule has 1 aliphatic heterocycles. The standard InChI is InChI=1S/C25H26N4S2/c26-24(27)20-9-5-18(6-10-20)16-30-22-3-1-4-23(15-22)31-17-19-7-11-21(12-8-19)25-28-13-2-14-29-25/h1,3-12,15H,2,13-14,16-17H2,(H3,26,27)(H,28,29). The molecule has 0 atom stereocenters. The van der Waals surface area contributed by atoms with Crippen molar-refractivity contribution < 1.29 is 0 Å². The zero-order chi connectivity index (χ0) is 21.5. The molecule has 0 aromatic heterocycles. The first-order valence-electron chi connectivity index (χ1n) is 10.3. The molecular formula is C25H26N4S2. The van der Waals surface area contributed by atoms with Crippen LogP contribution in [0.5, 0.6) is 0 Å². The van der Waals surface area contributed by atoms with Crippen LogP contribution in [-0.2, 0) is 11.5 Å². The number of benzene rings is 3. The van der Waals surface area contributed by atoms with E-state index in [-0.39, 0.29) is 5.84 Å². The Morgan fingerprint density at radius 1 is 0.903 bits per heavy atom. The molecule has 0 saturated heterocycles. The fraction of sp³-hybridized carbons (Fsp3) is 0.200. The van der Waals surface area contributed by atoms with Gasteiger partial charge in [0.1, 0.15) is 11.7 Å². The molecule has 3 aromatic carbocycles. The van der Waals surface area contributed by atoms with Gasteiger partial charge in [-0.25, -0.2) is 0 Å². The van der Waals surface area contributed by atoms with E-state index < -0.39 is 0 Å². The fourth-order valence-electron chi connectivity index (χ4n) is 3.25. The predicted molar refractivity (Wildman–Crippen MR) is 133 cm³/mol. The van der Waals surface area contributed by atoms with Crippen molar-refractivity contribution in [2.75, 3.05) is 13.1 Å². The largest absolute Gasteiger partial charge is 0.384 e. The molecule has 0 radical (unpaired) electrons. The Bertz CT molecular complexity index is 1060. The molecular weight excluding hydrogens is 420 g/mol. The second-order valence-corrected chi connectivity index (χ2v) is 9.47. The molecule has 4 N–H and O–H groups in total. The number of hydrogen-bond donors (Lipinski definition) is 3. The third-order valence-corrected chi connectivity index (χ3v) is 7.14. The number of nitrogen functional groups attached to an aromatic ring is 1. The van der Waals surface area contributed by atoms with Crippen molar-refractivity contribution in [3.05, 3.63) is 95.1 Å². The lowest BCUT2D eigenvalue weighted by Gasteiger charge is -2.14. The summed E-state index contributed by atoms with van der Waals surface area (Å²) in [4.78, 5) is 7.11. The smallest absolute Gasteiger partial charge is 0.128 e. The summed E-state index contributed by atoms with van der Waals surface area (Å²) < 4.78 is 0. The molecule has 0 spiro atoms. The van der Waals surface area contributed by atoms with Gasteiger partial charge in [-0.3, -0.25) is 10.4 Å². The summed E-state index contributed by atoms with van der Waals surface area (Å²) in [5.74, 6) is 2.97. The van der Waals surface area contributed by atoms with Gasteiger partial charge in [0.25, 0.3) is 0 Å². The maximum atomic E-state index is 7.49. The average molecular weight is 447 g/mol. The van der Waals surface area contributed by atoms with Crippen molar-refractivity contribution in [1.82, 2.24) is 5.32 Å². The van der Waals surface area contributed by atoms with Gasteiger partial charge >= 0.3 is 0 Å². The first-order chi connectivity index (χ1) is 15.2. The summed E-state index contributed by atoms with van der Waals surface area (Å²) in [5.41, 5.74) is 10.0. The van der Waals surface area contributed by atoms with Crippen LogP contribution in [0.25, 0.3) is 0 Å². The minimum absolute atomic E-state index is 0.109. The monoisotopic (exact) mass is 446 g/mol. The van der Waals surface area contributed by atoms with Gasteiger partial charge in [-0.2, -0.15) is 0 Å². The van der Waals surface area contributed by atoms with Crippen LogP contribution >= 0.6 is 23.5 Å². The van der Waals surface area contributed by atoms with Crippen molar-refractivity contribution in [1.29, 1.82) is 5.41 Å². The Morgan fingerprint density at radius 3 is 2.06 bits per heavy atom. The first kappa shape index (κ1) is 21.5. The van der Waals surface area contributed by atoms with Crippen molar-refractivity contribution in [2.24, 2.45) is 10.7 Å². The van der Waals surface area contributed by atoms with E-state index in [0.717, 1.165) is 42.4 Å². The van der Waals surface area contributed by atoms with Crippen LogP contribution in [0.4, 0.5) is 0 Å². The van der Waals surface area contributed by atoms with Crippen molar-refractivity contribution in [2.45, 2.75) is 27.7 Å². The highest BCUT2D eigenvalue weighted by Gasteiger charge is 2.07. The molecule has 0 bridgehead atoms.